The van der Waals surface area contributed by atoms with Crippen LogP contribution in [0.5, 0.6) is 28.7 Å². The van der Waals surface area contributed by atoms with E-state index in [1.165, 1.54) is 20.3 Å². The Morgan fingerprint density at radius 1 is 1.25 bits per heavy atom. The first-order chi connectivity index (χ1) is 15.5. The van der Waals surface area contributed by atoms with E-state index >= 15 is 0 Å². The lowest BCUT2D eigenvalue weighted by atomic mass is 9.86. The largest absolute Gasteiger partial charge is 0.507 e. The van der Waals surface area contributed by atoms with Crippen molar-refractivity contribution in [2.24, 2.45) is 5.92 Å². The van der Waals surface area contributed by atoms with E-state index < -0.39 is 5.92 Å². The summed E-state index contributed by atoms with van der Waals surface area (Å²) in [6, 6.07) is 11.0. The Balaban J connectivity index is 1.73. The van der Waals surface area contributed by atoms with E-state index in [1.807, 2.05) is 12.1 Å². The number of fused-ring (bicyclic) bond motifs is 1. The Hall–Kier alpha value is -3.60. The van der Waals surface area contributed by atoms with Gasteiger partial charge in [-0.2, -0.15) is 5.26 Å². The number of likely N-dealkylation sites (tertiary alicyclic amines) is 1. The van der Waals surface area contributed by atoms with Crippen LogP contribution >= 0.6 is 0 Å². The molecule has 2 aliphatic heterocycles. The van der Waals surface area contributed by atoms with Crippen LogP contribution < -0.4 is 18.9 Å². The number of hydrogen-bond donors (Lipinski definition) is 1. The van der Waals surface area contributed by atoms with E-state index in [1.54, 1.807) is 17.0 Å². The Bertz CT molecular complexity index is 1050. The van der Waals surface area contributed by atoms with Gasteiger partial charge in [0.15, 0.2) is 11.5 Å². The summed E-state index contributed by atoms with van der Waals surface area (Å²) in [5, 5.41) is 20.2. The molecular formula is C24H26N2O6. The van der Waals surface area contributed by atoms with Gasteiger partial charge in [-0.25, -0.2) is 0 Å². The van der Waals surface area contributed by atoms with Gasteiger partial charge in [0.1, 0.15) is 17.2 Å². The van der Waals surface area contributed by atoms with Gasteiger partial charge >= 0.3 is 0 Å². The van der Waals surface area contributed by atoms with Crippen molar-refractivity contribution >= 4 is 5.91 Å². The van der Waals surface area contributed by atoms with Gasteiger partial charge in [-0.15, -0.1) is 0 Å². The highest BCUT2D eigenvalue weighted by Crippen LogP contribution is 2.45. The third kappa shape index (κ3) is 4.24. The molecule has 0 bridgehead atoms. The molecule has 0 radical (unpaired) electrons. The molecule has 2 heterocycles. The molecule has 2 unspecified atom stereocenters. The van der Waals surface area contributed by atoms with E-state index in [0.29, 0.717) is 41.7 Å². The predicted molar refractivity (Wildman–Crippen MR) is 115 cm³/mol. The summed E-state index contributed by atoms with van der Waals surface area (Å²) in [5.74, 6) is 1.35. The monoisotopic (exact) mass is 438 g/mol. The van der Waals surface area contributed by atoms with Crippen molar-refractivity contribution in [2.75, 3.05) is 34.1 Å². The van der Waals surface area contributed by atoms with Crippen molar-refractivity contribution in [1.82, 2.24) is 4.90 Å². The fraction of sp³-hybridized carbons (Fsp3) is 0.417. The molecule has 2 aromatic rings. The van der Waals surface area contributed by atoms with Gasteiger partial charge in [-0.05, 0) is 30.5 Å². The maximum Gasteiger partial charge on any atom is 0.231 e. The van der Waals surface area contributed by atoms with E-state index in [0.717, 1.165) is 18.4 Å². The Labute approximate surface area is 186 Å². The zero-order valence-electron chi connectivity index (χ0n) is 18.2. The number of phenols is 1. The van der Waals surface area contributed by atoms with Crippen molar-refractivity contribution < 1.29 is 28.8 Å². The minimum absolute atomic E-state index is 0.0230. The first kappa shape index (κ1) is 21.6. The first-order valence-electron chi connectivity index (χ1n) is 10.6. The summed E-state index contributed by atoms with van der Waals surface area (Å²) < 4.78 is 21.8. The minimum Gasteiger partial charge on any atom is -0.507 e. The molecule has 32 heavy (non-hydrogen) atoms. The second kappa shape index (κ2) is 9.27. The van der Waals surface area contributed by atoms with Crippen molar-refractivity contribution in [1.29, 1.82) is 5.26 Å². The molecule has 2 aromatic carbocycles. The summed E-state index contributed by atoms with van der Waals surface area (Å²) in [7, 11) is 3.02. The van der Waals surface area contributed by atoms with Crippen LogP contribution in [-0.4, -0.2) is 50.0 Å². The van der Waals surface area contributed by atoms with Crippen LogP contribution in [-0.2, 0) is 4.79 Å². The Morgan fingerprint density at radius 2 is 2.06 bits per heavy atom. The normalized spacial score (nSPS) is 18.0. The molecule has 0 spiro atoms. The van der Waals surface area contributed by atoms with E-state index in [-0.39, 0.29) is 30.8 Å². The molecule has 0 saturated carbocycles. The summed E-state index contributed by atoms with van der Waals surface area (Å²) >= 11 is 0. The molecule has 1 N–H and O–H groups in total. The van der Waals surface area contributed by atoms with Gasteiger partial charge in [-0.3, -0.25) is 4.79 Å². The van der Waals surface area contributed by atoms with Crippen LogP contribution in [0, 0.1) is 17.2 Å². The van der Waals surface area contributed by atoms with Crippen LogP contribution in [0.2, 0.25) is 0 Å². The molecule has 4 rings (SSSR count). The maximum absolute atomic E-state index is 13.3. The number of nitrogens with zero attached hydrogens (tertiary/aromatic N) is 2. The Morgan fingerprint density at radius 3 is 2.81 bits per heavy atom. The highest BCUT2D eigenvalue weighted by atomic mass is 16.7. The number of piperidine rings is 1. The lowest BCUT2D eigenvalue weighted by Gasteiger charge is -2.31. The van der Waals surface area contributed by atoms with Crippen LogP contribution in [0.1, 0.15) is 36.3 Å². The molecule has 0 aromatic heterocycles. The average Bonchev–Trinajstić information content (AvgIpc) is 3.30. The molecule has 1 fully saturated rings. The fourth-order valence-corrected chi connectivity index (χ4v) is 4.35. The van der Waals surface area contributed by atoms with Crippen LogP contribution in [0.25, 0.3) is 0 Å². The number of aromatic hydroxyl groups is 1. The summed E-state index contributed by atoms with van der Waals surface area (Å²) in [4.78, 5) is 15.0. The van der Waals surface area contributed by atoms with Crippen LogP contribution in [0.3, 0.4) is 0 Å². The number of ether oxygens (including phenoxy) is 4. The highest BCUT2D eigenvalue weighted by molar-refractivity contribution is 5.78. The van der Waals surface area contributed by atoms with E-state index in [9.17, 15) is 15.2 Å². The maximum atomic E-state index is 13.3. The van der Waals surface area contributed by atoms with Gasteiger partial charge in [0.25, 0.3) is 0 Å². The van der Waals surface area contributed by atoms with Crippen LogP contribution in [0.15, 0.2) is 30.3 Å². The number of methoxy groups -OCH3 is 2. The molecule has 168 valence electrons. The van der Waals surface area contributed by atoms with Crippen molar-refractivity contribution in [3.8, 4) is 34.8 Å². The smallest absolute Gasteiger partial charge is 0.231 e. The van der Waals surface area contributed by atoms with E-state index in [2.05, 4.69) is 6.07 Å². The molecule has 2 atom stereocenters. The molecule has 8 heteroatoms. The standard InChI is InChI=1S/C24H26N2O6/c1-29-17-9-19(27)24(22(10-17)30-2)18(16-5-6-20-21(8-16)32-14-31-20)11-23(28)26-7-3-4-15(12-25)13-26/h5-6,8-10,15,18,27H,3-4,7,11,13-14H2,1-2H3. The molecule has 1 amide bonds. The number of carbonyl (C=O) groups is 1. The lowest BCUT2D eigenvalue weighted by Crippen LogP contribution is -2.40. The summed E-state index contributed by atoms with van der Waals surface area (Å²) in [6.07, 6.45) is 1.71. The third-order valence-electron chi connectivity index (χ3n) is 6.03. The number of phenolic OH excluding ortho intramolecular Hbond substituents is 1. The Kier molecular flexibility index (Phi) is 6.26. The number of rotatable bonds is 6. The second-order valence-electron chi connectivity index (χ2n) is 7.94. The predicted octanol–water partition coefficient (Wildman–Crippen LogP) is 3.42. The van der Waals surface area contributed by atoms with Gasteiger partial charge in [0, 0.05) is 43.1 Å². The fourth-order valence-electron chi connectivity index (χ4n) is 4.35. The van der Waals surface area contributed by atoms with Gasteiger partial charge in [-0.1, -0.05) is 6.07 Å². The number of amides is 1. The summed E-state index contributed by atoms with van der Waals surface area (Å²) in [6.45, 7) is 1.19. The number of nitriles is 1. The third-order valence-corrected chi connectivity index (χ3v) is 6.03. The lowest BCUT2D eigenvalue weighted by molar-refractivity contribution is -0.132. The molecule has 2 aliphatic rings. The first-order valence-corrected chi connectivity index (χ1v) is 10.6. The second-order valence-corrected chi connectivity index (χ2v) is 7.94. The summed E-state index contributed by atoms with van der Waals surface area (Å²) in [5.41, 5.74) is 1.28. The molecule has 8 nitrogen and oxygen atoms in total. The zero-order chi connectivity index (χ0) is 22.7. The quantitative estimate of drug-likeness (QED) is 0.737. The molecular weight excluding hydrogens is 412 g/mol. The van der Waals surface area contributed by atoms with Gasteiger partial charge in [0.2, 0.25) is 12.7 Å². The number of benzene rings is 2. The highest BCUT2D eigenvalue weighted by Gasteiger charge is 2.31. The molecule has 0 aliphatic carbocycles. The SMILES string of the molecule is COc1cc(O)c(C(CC(=O)N2CCCC(C#N)C2)c2ccc3c(c2)OCO3)c(OC)c1. The van der Waals surface area contributed by atoms with Crippen molar-refractivity contribution in [2.45, 2.75) is 25.2 Å². The minimum atomic E-state index is -0.500. The average molecular weight is 438 g/mol. The number of hydrogen-bond acceptors (Lipinski definition) is 7. The van der Waals surface area contributed by atoms with Crippen LogP contribution in [0.4, 0.5) is 0 Å². The van der Waals surface area contributed by atoms with E-state index in [4.69, 9.17) is 18.9 Å². The van der Waals surface area contributed by atoms with Crippen molar-refractivity contribution in [3.05, 3.63) is 41.5 Å². The zero-order valence-corrected chi connectivity index (χ0v) is 18.2. The van der Waals surface area contributed by atoms with Gasteiger partial charge < -0.3 is 29.0 Å². The topological polar surface area (TPSA) is 101 Å². The number of carbonyl (C=O) groups excluding carboxylic acids is 1. The van der Waals surface area contributed by atoms with Gasteiger partial charge in [0.05, 0.1) is 26.2 Å². The molecule has 1 saturated heterocycles. The van der Waals surface area contributed by atoms with Crippen molar-refractivity contribution in [3.63, 3.8) is 0 Å².